The molecule has 0 heterocycles. The van der Waals surface area contributed by atoms with Crippen LogP contribution in [-0.2, 0) is 25.4 Å². The van der Waals surface area contributed by atoms with E-state index in [1.807, 2.05) is 52.0 Å². The van der Waals surface area contributed by atoms with Crippen molar-refractivity contribution in [3.63, 3.8) is 0 Å². The van der Waals surface area contributed by atoms with Gasteiger partial charge >= 0.3 is 23.9 Å². The molecule has 468 valence electrons. The van der Waals surface area contributed by atoms with Gasteiger partial charge in [0.25, 0.3) is 0 Å². The minimum absolute atomic E-state index is 0.0339. The number of ether oxygens (including phenoxy) is 12. The lowest BCUT2D eigenvalue weighted by Gasteiger charge is -2.21. The van der Waals surface area contributed by atoms with Crippen LogP contribution in [0.15, 0.2) is 158 Å². The summed E-state index contributed by atoms with van der Waals surface area (Å²) in [5.41, 5.74) is 2.16. The largest absolute Gasteiger partial charge is 0.494 e. The molecular formula is C69H72O20. The SMILES string of the molecule is CCOc1ccc(C(=O)OCC(O)COc2ccc3ccc(OCC(O)COC(=O)c4ccc(OCC)cc4)c(Cc4c(OCC(O)COC(=O)c5ccc(OCC)cc5)ccc5ccc(OCC(O)COC(=O)c6ccc(OCC)cc6)cc45)c3c2)cc1. The number of benzene rings is 8. The zero-order chi connectivity index (χ0) is 63.1. The third-order valence-corrected chi connectivity index (χ3v) is 13.5. The first-order valence-electron chi connectivity index (χ1n) is 29.1. The fourth-order valence-corrected chi connectivity index (χ4v) is 9.06. The molecule has 8 aromatic rings. The van der Waals surface area contributed by atoms with Crippen molar-refractivity contribution in [1.82, 2.24) is 0 Å². The Hall–Kier alpha value is -9.60. The van der Waals surface area contributed by atoms with Crippen LogP contribution in [0, 0.1) is 0 Å². The van der Waals surface area contributed by atoms with Crippen molar-refractivity contribution in [3.05, 3.63) is 191 Å². The predicted molar refractivity (Wildman–Crippen MR) is 328 cm³/mol. The molecule has 0 amide bonds. The molecule has 0 aliphatic carbocycles. The Morgan fingerprint density at radius 3 is 0.820 bits per heavy atom. The van der Waals surface area contributed by atoms with Crippen molar-refractivity contribution >= 4 is 45.4 Å². The van der Waals surface area contributed by atoms with E-state index in [-0.39, 0.29) is 68.3 Å². The summed E-state index contributed by atoms with van der Waals surface area (Å²) in [5.74, 6) is 0.992. The van der Waals surface area contributed by atoms with E-state index in [2.05, 4.69) is 0 Å². The number of hydrogen-bond acceptors (Lipinski definition) is 20. The van der Waals surface area contributed by atoms with Crippen LogP contribution in [0.4, 0.5) is 0 Å². The van der Waals surface area contributed by atoms with E-state index in [1.54, 1.807) is 133 Å². The zero-order valence-corrected chi connectivity index (χ0v) is 49.8. The molecule has 89 heavy (non-hydrogen) atoms. The second kappa shape index (κ2) is 32.9. The van der Waals surface area contributed by atoms with Crippen LogP contribution < -0.4 is 37.9 Å². The highest BCUT2D eigenvalue weighted by Gasteiger charge is 2.22. The van der Waals surface area contributed by atoms with Gasteiger partial charge in [-0.15, -0.1) is 0 Å². The number of carbonyl (C=O) groups excluding carboxylic acids is 4. The van der Waals surface area contributed by atoms with Gasteiger partial charge in [-0.2, -0.15) is 0 Å². The van der Waals surface area contributed by atoms with Gasteiger partial charge < -0.3 is 77.3 Å². The Kier molecular flexibility index (Phi) is 24.2. The summed E-state index contributed by atoms with van der Waals surface area (Å²) in [5, 5.41) is 47.1. The van der Waals surface area contributed by atoms with E-state index < -0.39 is 61.5 Å². The Balaban J connectivity index is 1.06. The second-order valence-electron chi connectivity index (χ2n) is 20.1. The maximum atomic E-state index is 13.0. The second-order valence-corrected chi connectivity index (χ2v) is 20.1. The quantitative estimate of drug-likeness (QED) is 0.0216. The summed E-state index contributed by atoms with van der Waals surface area (Å²) in [6.07, 6.45) is -5.01. The van der Waals surface area contributed by atoms with Gasteiger partial charge in [0, 0.05) is 17.5 Å². The minimum Gasteiger partial charge on any atom is -0.494 e. The van der Waals surface area contributed by atoms with Crippen molar-refractivity contribution in [2.45, 2.75) is 58.5 Å². The number of aliphatic hydroxyl groups excluding tert-OH is 4. The molecule has 4 unspecified atom stereocenters. The van der Waals surface area contributed by atoms with E-state index in [1.165, 1.54) is 0 Å². The fraction of sp³-hybridized carbons (Fsp3) is 0.304. The smallest absolute Gasteiger partial charge is 0.338 e. The van der Waals surface area contributed by atoms with Gasteiger partial charge in [0.2, 0.25) is 0 Å². The molecule has 20 heteroatoms. The average molecular weight is 1220 g/mol. The Morgan fingerprint density at radius 2 is 0.551 bits per heavy atom. The number of esters is 4. The highest BCUT2D eigenvalue weighted by molar-refractivity contribution is 5.94. The molecule has 4 N–H and O–H groups in total. The zero-order valence-electron chi connectivity index (χ0n) is 49.8. The van der Waals surface area contributed by atoms with Gasteiger partial charge in [-0.1, -0.05) is 24.3 Å². The van der Waals surface area contributed by atoms with Crippen LogP contribution in [-0.4, -0.2) is 148 Å². The number of rotatable bonds is 34. The highest BCUT2D eigenvalue weighted by Crippen LogP contribution is 2.39. The fourth-order valence-electron chi connectivity index (χ4n) is 9.06. The lowest BCUT2D eigenvalue weighted by molar-refractivity contribution is 0.0127. The molecule has 0 aromatic heterocycles. The first-order valence-corrected chi connectivity index (χ1v) is 29.1. The molecule has 0 aliphatic heterocycles. The standard InChI is InChI=1S/C69H72O20/c1-5-78-54-21-11-46(12-22-54)66(74)86-40-50(70)36-82-58-29-9-44-19-31-64(84-38-52(72)42-88-68(76)48-15-25-56(26-16-48)80-7-3)62(60(44)33-58)35-63-61-34-59(83-37-51(71)41-87-67(75)47-13-23-55(24-14-47)79-6-2)30-10-45(61)20-32-65(63)85-39-53(73)43-89-69(77)49-17-27-57(28-18-49)81-8-4/h9-34,50-53,70-73H,5-8,35-43H2,1-4H3. The lowest BCUT2D eigenvalue weighted by atomic mass is 9.93. The van der Waals surface area contributed by atoms with Gasteiger partial charge in [-0.05, 0) is 183 Å². The molecular weight excluding hydrogens is 1150 g/mol. The predicted octanol–water partition coefficient (Wildman–Crippen LogP) is 9.57. The number of hydrogen-bond donors (Lipinski definition) is 4. The summed E-state index contributed by atoms with van der Waals surface area (Å²) >= 11 is 0. The van der Waals surface area contributed by atoms with Crippen molar-refractivity contribution in [2.75, 3.05) is 79.3 Å². The summed E-state index contributed by atoms with van der Waals surface area (Å²) < 4.78 is 68.7. The van der Waals surface area contributed by atoms with Gasteiger partial charge in [0.1, 0.15) is 123 Å². The summed E-state index contributed by atoms with van der Waals surface area (Å²) in [6.45, 7) is 6.48. The van der Waals surface area contributed by atoms with E-state index in [4.69, 9.17) is 56.8 Å². The molecule has 0 fully saturated rings. The van der Waals surface area contributed by atoms with Gasteiger partial charge in [0.05, 0.1) is 48.7 Å². The molecule has 0 saturated carbocycles. The molecule has 4 atom stereocenters. The Morgan fingerprint density at radius 1 is 0.303 bits per heavy atom. The average Bonchev–Trinajstić information content (AvgIpc) is 1.86. The Labute approximate surface area is 514 Å². The summed E-state index contributed by atoms with van der Waals surface area (Å²) in [7, 11) is 0. The summed E-state index contributed by atoms with van der Waals surface area (Å²) in [6, 6.07) is 43.3. The minimum atomic E-state index is -1.29. The molecule has 0 aliphatic rings. The molecule has 0 saturated heterocycles. The normalized spacial score (nSPS) is 12.4. The van der Waals surface area contributed by atoms with Crippen molar-refractivity contribution in [3.8, 4) is 46.0 Å². The first kappa shape index (κ1) is 65.4. The van der Waals surface area contributed by atoms with Gasteiger partial charge in [-0.3, -0.25) is 0 Å². The van der Waals surface area contributed by atoms with E-state index in [9.17, 15) is 39.6 Å². The maximum Gasteiger partial charge on any atom is 0.338 e. The molecule has 0 radical (unpaired) electrons. The van der Waals surface area contributed by atoms with Crippen LogP contribution in [0.25, 0.3) is 21.5 Å². The van der Waals surface area contributed by atoms with Crippen molar-refractivity contribution in [1.29, 1.82) is 0 Å². The van der Waals surface area contributed by atoms with E-state index in [0.717, 1.165) is 10.8 Å². The highest BCUT2D eigenvalue weighted by atomic mass is 16.6. The lowest BCUT2D eigenvalue weighted by Crippen LogP contribution is -2.26. The number of carbonyl (C=O) groups is 4. The number of aliphatic hydroxyl groups is 4. The van der Waals surface area contributed by atoms with Gasteiger partial charge in [-0.25, -0.2) is 19.2 Å². The molecule has 8 aromatic carbocycles. The van der Waals surface area contributed by atoms with Crippen molar-refractivity contribution in [2.24, 2.45) is 0 Å². The van der Waals surface area contributed by atoms with E-state index in [0.29, 0.717) is 94.3 Å². The molecule has 0 spiro atoms. The van der Waals surface area contributed by atoms with Crippen LogP contribution in [0.5, 0.6) is 46.0 Å². The molecule has 0 bridgehead atoms. The van der Waals surface area contributed by atoms with Crippen molar-refractivity contribution < 1.29 is 96.4 Å². The van der Waals surface area contributed by atoms with Crippen LogP contribution in [0.1, 0.15) is 80.3 Å². The van der Waals surface area contributed by atoms with Crippen LogP contribution in [0.2, 0.25) is 0 Å². The Bertz CT molecular complexity index is 3340. The van der Waals surface area contributed by atoms with Crippen LogP contribution >= 0.6 is 0 Å². The molecule has 8 rings (SSSR count). The number of fused-ring (bicyclic) bond motifs is 2. The first-order chi connectivity index (χ1) is 43.2. The van der Waals surface area contributed by atoms with E-state index >= 15 is 0 Å². The third-order valence-electron chi connectivity index (χ3n) is 13.5. The summed E-state index contributed by atoms with van der Waals surface area (Å²) in [4.78, 5) is 51.8. The monoisotopic (exact) mass is 1220 g/mol. The topological polar surface area (TPSA) is 260 Å². The third kappa shape index (κ3) is 19.2. The molecule has 20 nitrogen and oxygen atoms in total. The maximum absolute atomic E-state index is 13.0. The van der Waals surface area contributed by atoms with Crippen LogP contribution in [0.3, 0.4) is 0 Å². The van der Waals surface area contributed by atoms with Gasteiger partial charge in [0.15, 0.2) is 0 Å².